The highest BCUT2D eigenvalue weighted by Gasteiger charge is 2.24. The van der Waals surface area contributed by atoms with Gasteiger partial charge in [-0.2, -0.15) is 0 Å². The molecular formula is C7H7F3N2O3S. The molecule has 1 heterocycles. The van der Waals surface area contributed by atoms with E-state index in [4.69, 9.17) is 5.14 Å². The van der Waals surface area contributed by atoms with Gasteiger partial charge in [0.05, 0.1) is 7.11 Å². The Labute approximate surface area is 89.1 Å². The van der Waals surface area contributed by atoms with Crippen LogP contribution in [-0.4, -0.2) is 20.5 Å². The number of nitrogens with zero attached hydrogens (tertiary/aromatic N) is 1. The van der Waals surface area contributed by atoms with Crippen molar-refractivity contribution in [3.05, 3.63) is 17.6 Å². The van der Waals surface area contributed by atoms with Crippen molar-refractivity contribution in [1.82, 2.24) is 4.98 Å². The van der Waals surface area contributed by atoms with E-state index >= 15 is 0 Å². The average Bonchev–Trinajstić information content (AvgIpc) is 2.14. The maximum Gasteiger partial charge on any atom is 0.283 e. The summed E-state index contributed by atoms with van der Waals surface area (Å²) in [5.74, 6) is -1.89. The molecule has 0 bridgehead atoms. The van der Waals surface area contributed by atoms with Gasteiger partial charge in [-0.05, 0) is 0 Å². The number of rotatable bonds is 3. The lowest BCUT2D eigenvalue weighted by Crippen LogP contribution is -2.17. The molecule has 0 unspecified atom stereocenters. The molecule has 9 heteroatoms. The molecular weight excluding hydrogens is 249 g/mol. The van der Waals surface area contributed by atoms with Crippen molar-refractivity contribution in [3.63, 3.8) is 0 Å². The number of pyridine rings is 1. The number of ether oxygens (including phenoxy) is 1. The average molecular weight is 256 g/mol. The van der Waals surface area contributed by atoms with Crippen molar-refractivity contribution in [2.24, 2.45) is 5.14 Å². The van der Waals surface area contributed by atoms with Crippen LogP contribution in [0, 0.1) is 5.82 Å². The van der Waals surface area contributed by atoms with Crippen LogP contribution in [0.2, 0.25) is 0 Å². The van der Waals surface area contributed by atoms with Crippen molar-refractivity contribution in [2.45, 2.75) is 11.5 Å². The summed E-state index contributed by atoms with van der Waals surface area (Å²) in [6.07, 6.45) is -3.24. The number of halogens is 3. The molecule has 0 radical (unpaired) electrons. The van der Waals surface area contributed by atoms with Crippen LogP contribution in [0.4, 0.5) is 13.2 Å². The van der Waals surface area contributed by atoms with Gasteiger partial charge in [-0.3, -0.25) is 0 Å². The van der Waals surface area contributed by atoms with E-state index in [-0.39, 0.29) is 0 Å². The molecule has 0 aliphatic carbocycles. The number of nitrogens with two attached hydrogens (primary N) is 1. The Kier molecular flexibility index (Phi) is 3.38. The Morgan fingerprint density at radius 3 is 2.44 bits per heavy atom. The SMILES string of the molecule is COc1cc(F)c(C(F)F)nc1S(N)(=O)=O. The summed E-state index contributed by atoms with van der Waals surface area (Å²) in [6.45, 7) is 0. The largest absolute Gasteiger partial charge is 0.494 e. The number of aromatic nitrogens is 1. The summed E-state index contributed by atoms with van der Waals surface area (Å²) in [7, 11) is -3.32. The summed E-state index contributed by atoms with van der Waals surface area (Å²) in [5, 5.41) is 3.79. The van der Waals surface area contributed by atoms with Crippen molar-refractivity contribution in [2.75, 3.05) is 7.11 Å². The fourth-order valence-corrected chi connectivity index (χ4v) is 1.62. The van der Waals surface area contributed by atoms with Gasteiger partial charge in [0.1, 0.15) is 5.69 Å². The van der Waals surface area contributed by atoms with Crippen LogP contribution < -0.4 is 9.88 Å². The molecule has 0 aliphatic heterocycles. The van der Waals surface area contributed by atoms with Crippen molar-refractivity contribution in [1.29, 1.82) is 0 Å². The fraction of sp³-hybridized carbons (Fsp3) is 0.286. The van der Waals surface area contributed by atoms with E-state index < -0.39 is 38.7 Å². The highest BCUT2D eigenvalue weighted by molar-refractivity contribution is 7.89. The Bertz CT molecular complexity index is 504. The summed E-state index contributed by atoms with van der Waals surface area (Å²) in [4.78, 5) is 2.95. The number of methoxy groups -OCH3 is 1. The van der Waals surface area contributed by atoms with Crippen molar-refractivity contribution in [3.8, 4) is 5.75 Å². The van der Waals surface area contributed by atoms with Crippen molar-refractivity contribution >= 4 is 10.0 Å². The third-order valence-corrected chi connectivity index (χ3v) is 2.46. The van der Waals surface area contributed by atoms with Gasteiger partial charge >= 0.3 is 0 Å². The second-order valence-electron chi connectivity index (χ2n) is 2.71. The van der Waals surface area contributed by atoms with Crippen LogP contribution >= 0.6 is 0 Å². The number of primary sulfonamides is 1. The fourth-order valence-electron chi connectivity index (χ4n) is 0.972. The Morgan fingerprint density at radius 2 is 2.06 bits per heavy atom. The summed E-state index contributed by atoms with van der Waals surface area (Å²) in [6, 6.07) is 0.494. The third kappa shape index (κ3) is 2.42. The zero-order valence-corrected chi connectivity index (χ0v) is 8.76. The monoisotopic (exact) mass is 256 g/mol. The summed E-state index contributed by atoms with van der Waals surface area (Å²) >= 11 is 0. The highest BCUT2D eigenvalue weighted by atomic mass is 32.2. The van der Waals surface area contributed by atoms with Gasteiger partial charge in [-0.15, -0.1) is 0 Å². The molecule has 0 aromatic carbocycles. The predicted octanol–water partition coefficient (Wildman–Crippen LogP) is 0.814. The maximum absolute atomic E-state index is 13.0. The Morgan fingerprint density at radius 1 is 1.50 bits per heavy atom. The van der Waals surface area contributed by atoms with E-state index in [0.29, 0.717) is 6.07 Å². The first-order valence-electron chi connectivity index (χ1n) is 3.82. The molecule has 1 aromatic rings. The van der Waals surface area contributed by atoms with Gasteiger partial charge in [0.15, 0.2) is 11.6 Å². The molecule has 16 heavy (non-hydrogen) atoms. The maximum atomic E-state index is 13.0. The third-order valence-electron chi connectivity index (χ3n) is 1.63. The van der Waals surface area contributed by atoms with Crippen LogP contribution in [0.15, 0.2) is 11.1 Å². The second kappa shape index (κ2) is 4.26. The highest BCUT2D eigenvalue weighted by Crippen LogP contribution is 2.27. The smallest absolute Gasteiger partial charge is 0.283 e. The molecule has 90 valence electrons. The van der Waals surface area contributed by atoms with Gasteiger partial charge in [0.25, 0.3) is 16.4 Å². The minimum absolute atomic E-state index is 0.494. The molecule has 0 atom stereocenters. The van der Waals surface area contributed by atoms with Crippen molar-refractivity contribution < 1.29 is 26.3 Å². The number of hydrogen-bond acceptors (Lipinski definition) is 4. The van der Waals surface area contributed by atoms with E-state index in [1.54, 1.807) is 0 Å². The minimum atomic E-state index is -4.35. The first kappa shape index (κ1) is 12.7. The Hall–Kier alpha value is -1.35. The quantitative estimate of drug-likeness (QED) is 0.867. The molecule has 5 nitrogen and oxygen atoms in total. The molecule has 0 aliphatic rings. The number of alkyl halides is 2. The summed E-state index contributed by atoms with van der Waals surface area (Å²) in [5.41, 5.74) is -1.29. The predicted molar refractivity (Wildman–Crippen MR) is 47.1 cm³/mol. The van der Waals surface area contributed by atoms with E-state index in [2.05, 4.69) is 9.72 Å². The van der Waals surface area contributed by atoms with Crippen LogP contribution in [0.1, 0.15) is 12.1 Å². The lowest BCUT2D eigenvalue weighted by molar-refractivity contribution is 0.139. The van der Waals surface area contributed by atoms with Gasteiger partial charge in [0, 0.05) is 6.07 Å². The van der Waals surface area contributed by atoms with Gasteiger partial charge in [0.2, 0.25) is 5.03 Å². The number of hydrogen-bond donors (Lipinski definition) is 1. The lowest BCUT2D eigenvalue weighted by Gasteiger charge is -2.08. The van der Waals surface area contributed by atoms with Crippen LogP contribution in [0.3, 0.4) is 0 Å². The molecule has 1 rings (SSSR count). The molecule has 2 N–H and O–H groups in total. The number of sulfonamides is 1. The first-order chi connectivity index (χ1) is 7.27. The minimum Gasteiger partial charge on any atom is -0.494 e. The second-order valence-corrected chi connectivity index (χ2v) is 4.19. The van der Waals surface area contributed by atoms with E-state index in [0.717, 1.165) is 7.11 Å². The van der Waals surface area contributed by atoms with Crippen LogP contribution in [-0.2, 0) is 10.0 Å². The van der Waals surface area contributed by atoms with Crippen LogP contribution in [0.25, 0.3) is 0 Å². The van der Waals surface area contributed by atoms with Gasteiger partial charge in [-0.25, -0.2) is 31.7 Å². The van der Waals surface area contributed by atoms with Gasteiger partial charge < -0.3 is 4.74 Å². The summed E-state index contributed by atoms with van der Waals surface area (Å²) < 4.78 is 63.9. The normalized spacial score (nSPS) is 11.9. The lowest BCUT2D eigenvalue weighted by atomic mass is 10.3. The van der Waals surface area contributed by atoms with Gasteiger partial charge in [-0.1, -0.05) is 0 Å². The zero-order valence-electron chi connectivity index (χ0n) is 7.95. The molecule has 0 fully saturated rings. The van der Waals surface area contributed by atoms with E-state index in [1.807, 2.05) is 0 Å². The van der Waals surface area contributed by atoms with E-state index in [1.165, 1.54) is 0 Å². The molecule has 0 saturated carbocycles. The standard InChI is InChI=1S/C7H7F3N2O3S/c1-15-4-2-3(8)5(6(9)10)12-7(4)16(11,13)14/h2,6H,1H3,(H2,11,13,14). The zero-order chi connectivity index (χ0) is 12.5. The molecule has 1 aromatic heterocycles. The Balaban J connectivity index is 3.53. The first-order valence-corrected chi connectivity index (χ1v) is 5.37. The molecule has 0 spiro atoms. The topological polar surface area (TPSA) is 82.3 Å². The molecule has 0 amide bonds. The molecule has 0 saturated heterocycles. The van der Waals surface area contributed by atoms with Crippen LogP contribution in [0.5, 0.6) is 5.75 Å². The van der Waals surface area contributed by atoms with E-state index in [9.17, 15) is 21.6 Å².